The van der Waals surface area contributed by atoms with Crippen molar-refractivity contribution in [2.75, 3.05) is 5.32 Å². The van der Waals surface area contributed by atoms with E-state index in [1.807, 2.05) is 24.3 Å². The van der Waals surface area contributed by atoms with Crippen LogP contribution >= 0.6 is 0 Å². The summed E-state index contributed by atoms with van der Waals surface area (Å²) in [5.41, 5.74) is 4.38. The summed E-state index contributed by atoms with van der Waals surface area (Å²) in [7, 11) is 0. The van der Waals surface area contributed by atoms with Crippen molar-refractivity contribution < 1.29 is 0 Å². The highest BCUT2D eigenvalue weighted by atomic mass is 14.9. The van der Waals surface area contributed by atoms with Crippen LogP contribution in [0.5, 0.6) is 0 Å². The van der Waals surface area contributed by atoms with Crippen molar-refractivity contribution in [3.05, 3.63) is 59.7 Å². The van der Waals surface area contributed by atoms with Crippen molar-refractivity contribution in [3.63, 3.8) is 0 Å². The first-order chi connectivity index (χ1) is 8.81. The van der Waals surface area contributed by atoms with Crippen LogP contribution in [0.25, 0.3) is 0 Å². The van der Waals surface area contributed by atoms with Gasteiger partial charge in [0.05, 0.1) is 0 Å². The monoisotopic (exact) mass is 235 g/mol. The Morgan fingerprint density at radius 2 is 1.78 bits per heavy atom. The van der Waals surface area contributed by atoms with Gasteiger partial charge in [-0.3, -0.25) is 0 Å². The van der Waals surface area contributed by atoms with Crippen LogP contribution in [0.3, 0.4) is 0 Å². The summed E-state index contributed by atoms with van der Waals surface area (Å²) in [6.45, 7) is 2.19. The molecule has 1 N–H and O–H groups in total. The van der Waals surface area contributed by atoms with Gasteiger partial charge in [0.1, 0.15) is 0 Å². The minimum atomic E-state index is 0.893. The minimum Gasteiger partial charge on any atom is -0.355 e. The van der Waals surface area contributed by atoms with E-state index in [1.165, 1.54) is 5.56 Å². The molecule has 0 saturated carbocycles. The van der Waals surface area contributed by atoms with E-state index in [2.05, 4.69) is 42.4 Å². The van der Waals surface area contributed by atoms with Crippen molar-refractivity contribution in [2.45, 2.75) is 19.8 Å². The topological polar surface area (TPSA) is 12.0 Å². The van der Waals surface area contributed by atoms with E-state index in [1.54, 1.807) is 0 Å². The number of terminal acetylenes is 1. The fourth-order valence-corrected chi connectivity index (χ4v) is 1.95. The van der Waals surface area contributed by atoms with Crippen molar-refractivity contribution in [1.29, 1.82) is 0 Å². The second-order valence-electron chi connectivity index (χ2n) is 4.30. The number of anilines is 2. The largest absolute Gasteiger partial charge is 0.355 e. The summed E-state index contributed by atoms with van der Waals surface area (Å²) in [4.78, 5) is 0. The molecule has 0 unspecified atom stereocenters. The van der Waals surface area contributed by atoms with Gasteiger partial charge in [-0.1, -0.05) is 37.5 Å². The van der Waals surface area contributed by atoms with Gasteiger partial charge in [0.25, 0.3) is 0 Å². The van der Waals surface area contributed by atoms with Gasteiger partial charge in [0, 0.05) is 16.9 Å². The summed E-state index contributed by atoms with van der Waals surface area (Å²) in [5, 5.41) is 3.38. The lowest BCUT2D eigenvalue weighted by atomic mass is 10.1. The van der Waals surface area contributed by atoms with Crippen molar-refractivity contribution in [3.8, 4) is 12.3 Å². The standard InChI is InChI=1S/C17H17N/c1-3-7-15-9-6-11-17(13-15)18-16-10-5-8-14(4-2)12-16/h2,5-6,8-13,18H,3,7H2,1H3. The maximum Gasteiger partial charge on any atom is 0.0396 e. The molecule has 2 rings (SSSR count). The first-order valence-corrected chi connectivity index (χ1v) is 6.24. The van der Waals surface area contributed by atoms with E-state index >= 15 is 0 Å². The normalized spacial score (nSPS) is 9.78. The number of rotatable bonds is 4. The summed E-state index contributed by atoms with van der Waals surface area (Å²) in [5.74, 6) is 2.64. The van der Waals surface area contributed by atoms with Gasteiger partial charge in [-0.2, -0.15) is 0 Å². The van der Waals surface area contributed by atoms with Crippen LogP contribution in [-0.2, 0) is 6.42 Å². The maximum absolute atomic E-state index is 5.40. The van der Waals surface area contributed by atoms with E-state index in [0.717, 1.165) is 29.8 Å². The Morgan fingerprint density at radius 3 is 2.50 bits per heavy atom. The molecule has 0 bridgehead atoms. The molecule has 0 aliphatic rings. The van der Waals surface area contributed by atoms with Crippen LogP contribution < -0.4 is 5.32 Å². The average Bonchev–Trinajstić information content (AvgIpc) is 2.40. The van der Waals surface area contributed by atoms with Crippen LogP contribution in [0, 0.1) is 12.3 Å². The average molecular weight is 235 g/mol. The molecule has 18 heavy (non-hydrogen) atoms. The highest BCUT2D eigenvalue weighted by molar-refractivity contribution is 5.62. The first kappa shape index (κ1) is 12.3. The zero-order valence-electron chi connectivity index (χ0n) is 10.6. The molecule has 0 spiro atoms. The van der Waals surface area contributed by atoms with Gasteiger partial charge in [-0.05, 0) is 42.3 Å². The summed E-state index contributed by atoms with van der Waals surface area (Å²) >= 11 is 0. The lowest BCUT2D eigenvalue weighted by Gasteiger charge is -2.08. The summed E-state index contributed by atoms with van der Waals surface area (Å²) in [6, 6.07) is 16.4. The third-order valence-electron chi connectivity index (χ3n) is 2.78. The highest BCUT2D eigenvalue weighted by Gasteiger charge is 1.97. The van der Waals surface area contributed by atoms with E-state index < -0.39 is 0 Å². The highest BCUT2D eigenvalue weighted by Crippen LogP contribution is 2.19. The Bertz CT molecular complexity index is 564. The second-order valence-corrected chi connectivity index (χ2v) is 4.30. The number of benzene rings is 2. The third kappa shape index (κ3) is 3.15. The summed E-state index contributed by atoms with van der Waals surface area (Å²) in [6.07, 6.45) is 7.67. The molecule has 0 aliphatic carbocycles. The van der Waals surface area contributed by atoms with Crippen molar-refractivity contribution in [1.82, 2.24) is 0 Å². The van der Waals surface area contributed by atoms with Crippen LogP contribution in [-0.4, -0.2) is 0 Å². The molecule has 0 aromatic heterocycles. The molecule has 0 heterocycles. The molecule has 1 nitrogen and oxygen atoms in total. The molecular formula is C17H17N. The fraction of sp³-hybridized carbons (Fsp3) is 0.176. The molecule has 0 amide bonds. The predicted molar refractivity (Wildman–Crippen MR) is 78.1 cm³/mol. The van der Waals surface area contributed by atoms with Gasteiger partial charge in [0.15, 0.2) is 0 Å². The summed E-state index contributed by atoms with van der Waals surface area (Å²) < 4.78 is 0. The zero-order chi connectivity index (χ0) is 12.8. The van der Waals surface area contributed by atoms with Crippen LogP contribution in [0.4, 0.5) is 11.4 Å². The SMILES string of the molecule is C#Cc1cccc(Nc2cccc(CCC)c2)c1. The van der Waals surface area contributed by atoms with Gasteiger partial charge in [-0.15, -0.1) is 6.42 Å². The van der Waals surface area contributed by atoms with E-state index in [-0.39, 0.29) is 0 Å². The number of nitrogens with one attached hydrogen (secondary N) is 1. The lowest BCUT2D eigenvalue weighted by Crippen LogP contribution is -1.92. The molecule has 0 saturated heterocycles. The minimum absolute atomic E-state index is 0.893. The first-order valence-electron chi connectivity index (χ1n) is 6.24. The molecule has 0 atom stereocenters. The molecule has 90 valence electrons. The lowest BCUT2D eigenvalue weighted by molar-refractivity contribution is 0.922. The quantitative estimate of drug-likeness (QED) is 0.776. The maximum atomic E-state index is 5.40. The Hall–Kier alpha value is -2.20. The van der Waals surface area contributed by atoms with E-state index in [4.69, 9.17) is 6.42 Å². The van der Waals surface area contributed by atoms with Crippen LogP contribution in [0.15, 0.2) is 48.5 Å². The van der Waals surface area contributed by atoms with E-state index in [0.29, 0.717) is 0 Å². The zero-order valence-corrected chi connectivity index (χ0v) is 10.6. The molecule has 0 radical (unpaired) electrons. The molecule has 0 aliphatic heterocycles. The molecule has 2 aromatic rings. The number of hydrogen-bond donors (Lipinski definition) is 1. The van der Waals surface area contributed by atoms with Crippen LogP contribution in [0.1, 0.15) is 24.5 Å². The Kier molecular flexibility index (Phi) is 4.04. The molecule has 1 heteroatoms. The Morgan fingerprint density at radius 1 is 1.06 bits per heavy atom. The Labute approximate surface area is 109 Å². The third-order valence-corrected chi connectivity index (χ3v) is 2.78. The molecule has 2 aromatic carbocycles. The molecule has 0 fully saturated rings. The predicted octanol–water partition coefficient (Wildman–Crippen LogP) is 4.36. The second kappa shape index (κ2) is 5.93. The van der Waals surface area contributed by atoms with Crippen molar-refractivity contribution in [2.24, 2.45) is 0 Å². The fourth-order valence-electron chi connectivity index (χ4n) is 1.95. The number of aryl methyl sites for hydroxylation is 1. The molecular weight excluding hydrogens is 218 g/mol. The van der Waals surface area contributed by atoms with E-state index in [9.17, 15) is 0 Å². The van der Waals surface area contributed by atoms with Gasteiger partial charge >= 0.3 is 0 Å². The van der Waals surface area contributed by atoms with Gasteiger partial charge < -0.3 is 5.32 Å². The van der Waals surface area contributed by atoms with Crippen molar-refractivity contribution >= 4 is 11.4 Å². The van der Waals surface area contributed by atoms with Crippen LogP contribution in [0.2, 0.25) is 0 Å². The van der Waals surface area contributed by atoms with Gasteiger partial charge in [0.2, 0.25) is 0 Å². The Balaban J connectivity index is 2.18. The van der Waals surface area contributed by atoms with Gasteiger partial charge in [-0.25, -0.2) is 0 Å². The smallest absolute Gasteiger partial charge is 0.0396 e. The number of hydrogen-bond acceptors (Lipinski definition) is 1.